The Morgan fingerprint density at radius 2 is 1.27 bits per heavy atom. The van der Waals surface area contributed by atoms with E-state index in [2.05, 4.69) is 26.7 Å². The summed E-state index contributed by atoms with van der Waals surface area (Å²) >= 11 is 0. The second-order valence-corrected chi connectivity index (χ2v) is 8.64. The van der Waals surface area contributed by atoms with Crippen LogP contribution in [0.15, 0.2) is 0 Å². The van der Waals surface area contributed by atoms with Crippen LogP contribution in [0.2, 0.25) is 0 Å². The first-order chi connectivity index (χ1) is 4.64. The maximum atomic E-state index is 9.04. The van der Waals surface area contributed by atoms with E-state index >= 15 is 0 Å². The number of aliphatic carboxylic acids is 2. The van der Waals surface area contributed by atoms with E-state index in [1.807, 2.05) is 0 Å². The predicted molar refractivity (Wildman–Crippen MR) is 43.3 cm³/mol. The summed E-state index contributed by atoms with van der Waals surface area (Å²) in [6, 6.07) is 0. The second-order valence-electron chi connectivity index (χ2n) is 3.28. The first-order valence-corrected chi connectivity index (χ1v) is 6.45. The Hall–Kier alpha value is -0.630. The monoisotopic (exact) mass is 180 g/mol. The van der Waals surface area contributed by atoms with Crippen LogP contribution < -0.4 is 5.11 Å². The molecular formula is C6H13O4P. The molecule has 0 rings (SSSR count). The van der Waals surface area contributed by atoms with Gasteiger partial charge >= 0.3 is 5.97 Å². The van der Waals surface area contributed by atoms with Gasteiger partial charge in [0.15, 0.2) is 5.97 Å². The van der Waals surface area contributed by atoms with E-state index in [0.29, 0.717) is 0 Å². The van der Waals surface area contributed by atoms with Crippen molar-refractivity contribution in [1.82, 2.24) is 0 Å². The molecule has 4 nitrogen and oxygen atoms in total. The minimum atomic E-state index is -2.07. The van der Waals surface area contributed by atoms with Crippen molar-refractivity contribution in [3.8, 4) is 0 Å². The molecule has 0 saturated carbocycles. The lowest BCUT2D eigenvalue weighted by molar-refractivity contribution is -0.303. The summed E-state index contributed by atoms with van der Waals surface area (Å²) in [6.07, 6.45) is 0. The van der Waals surface area contributed by atoms with Crippen molar-refractivity contribution in [1.29, 1.82) is 0 Å². The van der Waals surface area contributed by atoms with Crippen molar-refractivity contribution in [3.05, 3.63) is 0 Å². The van der Waals surface area contributed by atoms with Crippen molar-refractivity contribution in [3.63, 3.8) is 0 Å². The van der Waals surface area contributed by atoms with Gasteiger partial charge in [0.1, 0.15) is 0 Å². The molecule has 0 aromatic carbocycles. The lowest BCUT2D eigenvalue weighted by atomic mass is 10.7. The fraction of sp³-hybridized carbons (Fsp3) is 0.667. The maximum absolute atomic E-state index is 9.04. The molecule has 0 aromatic heterocycles. The van der Waals surface area contributed by atoms with Gasteiger partial charge in [-0.1, -0.05) is 0 Å². The van der Waals surface area contributed by atoms with E-state index in [9.17, 15) is 0 Å². The molecule has 0 radical (unpaired) electrons. The van der Waals surface area contributed by atoms with Crippen LogP contribution in [0.5, 0.6) is 0 Å². The Bertz CT molecular complexity index is 129. The molecule has 0 fully saturated rings. The van der Waals surface area contributed by atoms with Gasteiger partial charge in [0.25, 0.3) is 0 Å². The van der Waals surface area contributed by atoms with Crippen LogP contribution in [0.3, 0.4) is 0 Å². The Morgan fingerprint density at radius 1 is 1.18 bits per heavy atom. The van der Waals surface area contributed by atoms with Crippen molar-refractivity contribution in [2.45, 2.75) is 0 Å². The number of hydrogen-bond donors (Lipinski definition) is 1. The number of carboxylic acids is 2. The molecule has 0 spiro atoms. The lowest BCUT2D eigenvalue weighted by Crippen LogP contribution is -2.30. The van der Waals surface area contributed by atoms with Gasteiger partial charge in [-0.2, -0.15) is 0 Å². The average Bonchev–Trinajstić information content (AvgIpc) is 1.59. The van der Waals surface area contributed by atoms with Gasteiger partial charge in [-0.05, 0) is 0 Å². The summed E-state index contributed by atoms with van der Waals surface area (Å²) in [5, 5.41) is 16.3. The highest BCUT2D eigenvalue weighted by atomic mass is 31.2. The van der Waals surface area contributed by atoms with E-state index in [1.54, 1.807) is 0 Å². The molecule has 0 saturated heterocycles. The van der Waals surface area contributed by atoms with Gasteiger partial charge in [-0.25, -0.2) is 4.79 Å². The van der Waals surface area contributed by atoms with Crippen LogP contribution in [0, 0.1) is 0 Å². The summed E-state index contributed by atoms with van der Waals surface area (Å²) in [5.74, 6) is -4.01. The van der Waals surface area contributed by atoms with Crippen LogP contribution in [0.1, 0.15) is 0 Å². The van der Waals surface area contributed by atoms with E-state index in [0.717, 1.165) is 0 Å². The van der Waals surface area contributed by atoms with Crippen LogP contribution in [-0.4, -0.2) is 43.7 Å². The number of hydrogen-bond acceptors (Lipinski definition) is 3. The third kappa shape index (κ3) is 44.8. The number of carbonyl (C=O) groups is 2. The summed E-state index contributed by atoms with van der Waals surface area (Å²) in [5.41, 5.74) is 0. The highest BCUT2D eigenvalue weighted by Crippen LogP contribution is 2.40. The van der Waals surface area contributed by atoms with Crippen molar-refractivity contribution >= 4 is 19.2 Å². The highest BCUT2D eigenvalue weighted by molar-refractivity contribution is 7.72. The topological polar surface area (TPSA) is 77.4 Å². The number of carbonyl (C=O) groups excluding carboxylic acids is 1. The SMILES string of the molecule is C[P+](C)(C)C.O=C([O-])C(=O)O. The minimum Gasteiger partial charge on any atom is -0.539 e. The molecule has 0 amide bonds. The molecule has 11 heavy (non-hydrogen) atoms. The lowest BCUT2D eigenvalue weighted by Gasteiger charge is -1.97. The Morgan fingerprint density at radius 3 is 1.27 bits per heavy atom. The molecule has 66 valence electrons. The summed E-state index contributed by atoms with van der Waals surface area (Å²) in [6.45, 7) is 9.19. The molecule has 5 heteroatoms. The summed E-state index contributed by atoms with van der Waals surface area (Å²) in [7, 11) is -0.389. The average molecular weight is 180 g/mol. The van der Waals surface area contributed by atoms with Gasteiger partial charge in [-0.15, -0.1) is 0 Å². The number of carboxylic acid groups (broad SMARTS) is 2. The van der Waals surface area contributed by atoms with Gasteiger partial charge in [0, 0.05) is 33.9 Å². The van der Waals surface area contributed by atoms with Crippen LogP contribution in [0.25, 0.3) is 0 Å². The van der Waals surface area contributed by atoms with Gasteiger partial charge in [0.05, 0.1) is 0 Å². The quantitative estimate of drug-likeness (QED) is 0.396. The Kier molecular flexibility index (Phi) is 6.00. The molecule has 0 aliphatic carbocycles. The van der Waals surface area contributed by atoms with Crippen molar-refractivity contribution in [2.24, 2.45) is 0 Å². The molecule has 0 atom stereocenters. The molecule has 1 N–H and O–H groups in total. The van der Waals surface area contributed by atoms with Gasteiger partial charge < -0.3 is 15.0 Å². The summed E-state index contributed by atoms with van der Waals surface area (Å²) < 4.78 is 0. The van der Waals surface area contributed by atoms with Crippen LogP contribution in [0.4, 0.5) is 0 Å². The van der Waals surface area contributed by atoms with Crippen LogP contribution >= 0.6 is 7.26 Å². The molecule has 0 aliphatic rings. The molecule has 0 aliphatic heterocycles. The van der Waals surface area contributed by atoms with Crippen molar-refractivity contribution in [2.75, 3.05) is 26.7 Å². The Balaban J connectivity index is 0. The fourth-order valence-corrected chi connectivity index (χ4v) is 0. The normalized spacial score (nSPS) is 9.45. The van der Waals surface area contributed by atoms with Gasteiger partial charge in [0.2, 0.25) is 0 Å². The number of rotatable bonds is 0. The molecule has 0 aromatic rings. The second kappa shape index (κ2) is 5.08. The van der Waals surface area contributed by atoms with Gasteiger partial charge in [-0.3, -0.25) is 0 Å². The van der Waals surface area contributed by atoms with E-state index in [1.165, 1.54) is 0 Å². The zero-order chi connectivity index (χ0) is 9.65. The smallest absolute Gasteiger partial charge is 0.351 e. The fourth-order valence-electron chi connectivity index (χ4n) is 0. The molecule has 0 bridgehead atoms. The maximum Gasteiger partial charge on any atom is 0.351 e. The van der Waals surface area contributed by atoms with E-state index in [4.69, 9.17) is 19.8 Å². The van der Waals surface area contributed by atoms with Crippen molar-refractivity contribution < 1.29 is 19.8 Å². The third-order valence-electron chi connectivity index (χ3n) is 0.175. The summed E-state index contributed by atoms with van der Waals surface area (Å²) in [4.78, 5) is 18.0. The third-order valence-corrected chi connectivity index (χ3v) is 0.175. The molecule has 0 unspecified atom stereocenters. The zero-order valence-corrected chi connectivity index (χ0v) is 8.01. The van der Waals surface area contributed by atoms with E-state index < -0.39 is 11.9 Å². The zero-order valence-electron chi connectivity index (χ0n) is 7.12. The highest BCUT2D eigenvalue weighted by Gasteiger charge is 2.03. The predicted octanol–water partition coefficient (Wildman–Crippen LogP) is -0.656. The minimum absolute atomic E-state index is 0.389. The molecule has 0 heterocycles. The first-order valence-electron chi connectivity index (χ1n) is 2.87. The molecular weight excluding hydrogens is 167 g/mol. The van der Waals surface area contributed by atoms with E-state index in [-0.39, 0.29) is 7.26 Å². The standard InChI is InChI=1S/C4H12P.C2H2O4/c1-5(2,3)4;3-1(4)2(5)6/h1-4H3;(H,3,4)(H,5,6)/q+1;/p-1. The first kappa shape index (κ1) is 13.0. The largest absolute Gasteiger partial charge is 0.539 e. The Labute approximate surface area is 66.6 Å². The van der Waals surface area contributed by atoms with Crippen LogP contribution in [-0.2, 0) is 9.59 Å².